The highest BCUT2D eigenvalue weighted by molar-refractivity contribution is 7.52. The molecule has 2 aromatic rings. The summed E-state index contributed by atoms with van der Waals surface area (Å²) < 4.78 is 65.8. The number of azide groups is 1. The summed E-state index contributed by atoms with van der Waals surface area (Å²) >= 11 is 0. The zero-order chi connectivity index (χ0) is 46.6. The number of hydrogen-bond donors (Lipinski definition) is 0. The van der Waals surface area contributed by atoms with E-state index >= 15 is 0 Å². The Bertz CT molecular complexity index is 2060. The first kappa shape index (κ1) is 51.7. The average molecular weight is 926 g/mol. The van der Waals surface area contributed by atoms with Crippen LogP contribution >= 0.6 is 7.60 Å². The molecular formula is C41H72N7O11PSi2. The molecule has 0 saturated carbocycles. The van der Waals surface area contributed by atoms with E-state index in [0.717, 1.165) is 4.57 Å². The molecular weight excluding hydrogens is 854 g/mol. The number of aromatic nitrogens is 4. The molecule has 0 unspecified atom stereocenters. The molecule has 2 aliphatic heterocycles. The van der Waals surface area contributed by atoms with Gasteiger partial charge in [0.15, 0.2) is 16.6 Å². The second kappa shape index (κ2) is 20.5. The summed E-state index contributed by atoms with van der Waals surface area (Å²) in [6.45, 7) is 33.6. The molecule has 350 valence electrons. The van der Waals surface area contributed by atoms with Crippen molar-refractivity contribution in [2.45, 2.75) is 175 Å². The normalized spacial score (nSPS) is 22.7. The van der Waals surface area contributed by atoms with Crippen LogP contribution in [0.3, 0.4) is 0 Å². The van der Waals surface area contributed by atoms with Crippen LogP contribution in [-0.2, 0) is 38.2 Å². The lowest BCUT2D eigenvalue weighted by Crippen LogP contribution is -2.47. The van der Waals surface area contributed by atoms with Gasteiger partial charge in [-0.2, -0.15) is 4.98 Å². The highest BCUT2D eigenvalue weighted by atomic mass is 31.2. The fourth-order valence-electron chi connectivity index (χ4n) is 7.23. The summed E-state index contributed by atoms with van der Waals surface area (Å²) in [7, 11) is -8.43. The van der Waals surface area contributed by atoms with Crippen molar-refractivity contribution in [2.75, 3.05) is 26.4 Å². The molecule has 0 radical (unpaired) electrons. The Morgan fingerprint density at radius 2 is 1.42 bits per heavy atom. The molecule has 4 heterocycles. The molecule has 2 aliphatic rings. The first-order valence-electron chi connectivity index (χ1n) is 21.7. The van der Waals surface area contributed by atoms with E-state index in [1.807, 2.05) is 6.92 Å². The Morgan fingerprint density at radius 1 is 0.887 bits per heavy atom. The Labute approximate surface area is 369 Å². The van der Waals surface area contributed by atoms with Crippen molar-refractivity contribution in [3.05, 3.63) is 54.8 Å². The molecule has 0 aliphatic carbocycles. The van der Waals surface area contributed by atoms with Crippen molar-refractivity contribution >= 4 is 24.2 Å². The standard InChI is InChI=1S/C41H72N7O11PSi2/c1-17-52-60(51,53-18-2)25-48-37(49)29(8)22-47(39(48)50)35-20-31(33(57-35)24-55-62(15,16)41(11,12)27(5)6)58-36-28(7)21-43-38(44-36)59-30-19-34(45-46-42)56-32(30)23-54-61(13,14)40(9,10)26(3)4/h21-22,26-27,30-35H,17-20,23-25H2,1-16H3/t30-,31+,32-,33-,34+,35-/m1/s1. The van der Waals surface area contributed by atoms with Gasteiger partial charge in [0.25, 0.3) is 5.56 Å². The minimum absolute atomic E-state index is 0.0304. The summed E-state index contributed by atoms with van der Waals surface area (Å²) in [5.41, 5.74) is 8.74. The quantitative estimate of drug-likeness (QED) is 0.0356. The van der Waals surface area contributed by atoms with Crippen LogP contribution in [0.25, 0.3) is 10.4 Å². The first-order valence-corrected chi connectivity index (χ1v) is 29.3. The van der Waals surface area contributed by atoms with Crippen LogP contribution in [0.4, 0.5) is 0 Å². The van der Waals surface area contributed by atoms with Gasteiger partial charge in [-0.05, 0) is 81.3 Å². The fraction of sp³-hybridized carbons (Fsp3) is 0.805. The minimum Gasteiger partial charge on any atom is -0.471 e. The van der Waals surface area contributed by atoms with E-state index in [1.165, 1.54) is 10.8 Å². The topological polar surface area (TPSA) is 209 Å². The molecule has 0 N–H and O–H groups in total. The lowest BCUT2D eigenvalue weighted by Gasteiger charge is -2.43. The summed E-state index contributed by atoms with van der Waals surface area (Å²) in [4.78, 5) is 39.6. The number of aryl methyl sites for hydroxylation is 2. The monoisotopic (exact) mass is 925 g/mol. The number of rotatable bonds is 22. The maximum atomic E-state index is 14.1. The van der Waals surface area contributed by atoms with Crippen LogP contribution in [-0.4, -0.2) is 92.8 Å². The van der Waals surface area contributed by atoms with Gasteiger partial charge >= 0.3 is 19.3 Å². The Hall–Kier alpha value is -2.91. The van der Waals surface area contributed by atoms with Crippen LogP contribution in [0, 0.1) is 25.7 Å². The number of nitrogens with zero attached hydrogens (tertiary/aromatic N) is 7. The molecule has 0 bridgehead atoms. The molecule has 2 aromatic heterocycles. The maximum absolute atomic E-state index is 14.1. The first-order chi connectivity index (χ1) is 28.7. The van der Waals surface area contributed by atoms with E-state index < -0.39 is 78.6 Å². The maximum Gasteiger partial charge on any atom is 0.350 e. The molecule has 0 amide bonds. The summed E-state index contributed by atoms with van der Waals surface area (Å²) in [6.07, 6.45) is -1.21. The summed E-state index contributed by atoms with van der Waals surface area (Å²) in [5.74, 6) is 0.984. The molecule has 0 aromatic carbocycles. The summed E-state index contributed by atoms with van der Waals surface area (Å²) in [5, 5.41) is 3.69. The predicted molar refractivity (Wildman–Crippen MR) is 242 cm³/mol. The van der Waals surface area contributed by atoms with Crippen molar-refractivity contribution < 1.29 is 41.4 Å². The van der Waals surface area contributed by atoms with Gasteiger partial charge in [-0.3, -0.25) is 13.9 Å². The van der Waals surface area contributed by atoms with Gasteiger partial charge in [-0.15, -0.1) is 0 Å². The third kappa shape index (κ3) is 11.7. The fourth-order valence-corrected chi connectivity index (χ4v) is 13.5. The Kier molecular flexibility index (Phi) is 17.1. The van der Waals surface area contributed by atoms with Crippen molar-refractivity contribution in [2.24, 2.45) is 17.0 Å². The van der Waals surface area contributed by atoms with E-state index in [2.05, 4.69) is 96.6 Å². The van der Waals surface area contributed by atoms with Gasteiger partial charge in [0.1, 0.15) is 43.2 Å². The second-order valence-corrected chi connectivity index (χ2v) is 30.3. The van der Waals surface area contributed by atoms with Crippen molar-refractivity contribution in [1.82, 2.24) is 19.1 Å². The van der Waals surface area contributed by atoms with Gasteiger partial charge in [0.05, 0.1) is 26.4 Å². The zero-order valence-electron chi connectivity index (χ0n) is 39.8. The predicted octanol–water partition coefficient (Wildman–Crippen LogP) is 8.86. The second-order valence-electron chi connectivity index (χ2n) is 19.1. The van der Waals surface area contributed by atoms with Crippen molar-refractivity contribution in [1.29, 1.82) is 0 Å². The molecule has 62 heavy (non-hydrogen) atoms. The molecule has 2 fully saturated rings. The molecule has 21 heteroatoms. The van der Waals surface area contributed by atoms with E-state index in [9.17, 15) is 19.7 Å². The van der Waals surface area contributed by atoms with Gasteiger partial charge in [0.2, 0.25) is 5.88 Å². The lowest BCUT2D eigenvalue weighted by atomic mass is 9.99. The van der Waals surface area contributed by atoms with Crippen LogP contribution in [0.1, 0.15) is 99.4 Å². The Morgan fingerprint density at radius 3 is 1.94 bits per heavy atom. The molecule has 2 saturated heterocycles. The van der Waals surface area contributed by atoms with Gasteiger partial charge in [-0.25, -0.2) is 14.3 Å². The van der Waals surface area contributed by atoms with E-state index in [-0.39, 0.29) is 66.8 Å². The smallest absolute Gasteiger partial charge is 0.350 e. The van der Waals surface area contributed by atoms with Crippen LogP contribution in [0.2, 0.25) is 36.3 Å². The average Bonchev–Trinajstić information content (AvgIpc) is 3.77. The van der Waals surface area contributed by atoms with Crippen LogP contribution < -0.4 is 20.7 Å². The molecule has 0 spiro atoms. The lowest BCUT2D eigenvalue weighted by molar-refractivity contribution is -0.0410. The summed E-state index contributed by atoms with van der Waals surface area (Å²) in [6, 6.07) is 0.0345. The third-order valence-corrected chi connectivity index (χ3v) is 24.9. The van der Waals surface area contributed by atoms with Crippen molar-refractivity contribution in [3.8, 4) is 11.9 Å². The van der Waals surface area contributed by atoms with Gasteiger partial charge < -0.3 is 36.8 Å². The van der Waals surface area contributed by atoms with Crippen LogP contribution in [0.15, 0.2) is 27.1 Å². The highest BCUT2D eigenvalue weighted by Crippen LogP contribution is 2.49. The van der Waals surface area contributed by atoms with Gasteiger partial charge in [-0.1, -0.05) is 60.5 Å². The minimum atomic E-state index is -3.84. The largest absolute Gasteiger partial charge is 0.471 e. The van der Waals surface area contributed by atoms with E-state index in [1.54, 1.807) is 27.0 Å². The molecule has 4 rings (SSSR count). The van der Waals surface area contributed by atoms with E-state index in [0.29, 0.717) is 17.4 Å². The Balaban J connectivity index is 1.67. The highest BCUT2D eigenvalue weighted by Gasteiger charge is 2.48. The van der Waals surface area contributed by atoms with Crippen LogP contribution in [0.5, 0.6) is 11.9 Å². The number of hydrogen-bond acceptors (Lipinski definition) is 14. The third-order valence-electron chi connectivity index (χ3n) is 13.8. The number of ether oxygens (including phenoxy) is 4. The molecule has 6 atom stereocenters. The van der Waals surface area contributed by atoms with Crippen molar-refractivity contribution in [3.63, 3.8) is 0 Å². The van der Waals surface area contributed by atoms with E-state index in [4.69, 9.17) is 41.8 Å². The molecule has 18 nitrogen and oxygen atoms in total. The van der Waals surface area contributed by atoms with Gasteiger partial charge in [0, 0.05) is 41.3 Å². The zero-order valence-corrected chi connectivity index (χ0v) is 42.7. The SMILES string of the molecule is CCOP(=O)(Cn1c(=O)c(C)cn([C@H]2C[C@H](Oc3nc(O[C@@H]4C[C@@H](N=[N+]=[N-])O[C@@H]4CO[Si](C)(C)C(C)(C)C(C)C)ncc3C)[C@@H](CO[Si](C)(C)C(C)(C)C(C)C)O2)c1=O)OCC.